The first kappa shape index (κ1) is 24.4. The van der Waals surface area contributed by atoms with Gasteiger partial charge in [-0.2, -0.15) is 0 Å². The maximum absolute atomic E-state index is 13.9. The first-order valence-corrected chi connectivity index (χ1v) is 11.5. The lowest BCUT2D eigenvalue weighted by Crippen LogP contribution is -2.46. The van der Waals surface area contributed by atoms with E-state index in [4.69, 9.17) is 11.6 Å². The minimum atomic E-state index is -0.565. The summed E-state index contributed by atoms with van der Waals surface area (Å²) >= 11 is 5.81. The van der Waals surface area contributed by atoms with Crippen LogP contribution in [0.5, 0.6) is 0 Å². The van der Waals surface area contributed by atoms with Crippen molar-refractivity contribution in [3.8, 4) is 0 Å². The molecule has 0 spiro atoms. The molecule has 35 heavy (non-hydrogen) atoms. The first-order chi connectivity index (χ1) is 16.9. The second-order valence-electron chi connectivity index (χ2n) is 8.19. The molecule has 1 amide bonds. The highest BCUT2D eigenvalue weighted by molar-refractivity contribution is 6.32. The zero-order chi connectivity index (χ0) is 24.8. The quantitative estimate of drug-likeness (QED) is 0.272. The Morgan fingerprint density at radius 2 is 1.77 bits per heavy atom. The summed E-state index contributed by atoms with van der Waals surface area (Å²) in [6.45, 7) is 3.93. The van der Waals surface area contributed by atoms with Gasteiger partial charge in [-0.1, -0.05) is 35.9 Å². The fourth-order valence-corrected chi connectivity index (χ4v) is 4.10. The van der Waals surface area contributed by atoms with Crippen molar-refractivity contribution in [1.29, 1.82) is 0 Å². The van der Waals surface area contributed by atoms with E-state index in [1.54, 1.807) is 12.1 Å². The van der Waals surface area contributed by atoms with E-state index < -0.39 is 4.92 Å². The Morgan fingerprint density at radius 3 is 2.46 bits per heavy atom. The summed E-state index contributed by atoms with van der Waals surface area (Å²) in [6, 6.07) is 18.8. The van der Waals surface area contributed by atoms with Crippen molar-refractivity contribution in [1.82, 2.24) is 4.90 Å². The van der Waals surface area contributed by atoms with Crippen molar-refractivity contribution >= 4 is 40.6 Å². The number of piperazine rings is 1. The molecule has 0 saturated carbocycles. The van der Waals surface area contributed by atoms with Gasteiger partial charge >= 0.3 is 0 Å². The molecule has 1 saturated heterocycles. The summed E-state index contributed by atoms with van der Waals surface area (Å²) in [6.07, 6.45) is 2.81. The Kier molecular flexibility index (Phi) is 7.74. The molecule has 0 atom stereocenters. The van der Waals surface area contributed by atoms with Crippen molar-refractivity contribution in [2.75, 3.05) is 36.4 Å². The van der Waals surface area contributed by atoms with E-state index in [0.29, 0.717) is 23.4 Å². The Hall–Kier alpha value is -3.75. The molecular formula is C26H24ClFN4O3. The number of amides is 1. The highest BCUT2D eigenvalue weighted by Crippen LogP contribution is 2.26. The van der Waals surface area contributed by atoms with Crippen LogP contribution in [0.25, 0.3) is 6.08 Å². The highest BCUT2D eigenvalue weighted by atomic mass is 35.5. The Morgan fingerprint density at radius 1 is 1.06 bits per heavy atom. The largest absolute Gasteiger partial charge is 0.369 e. The van der Waals surface area contributed by atoms with E-state index in [2.05, 4.69) is 15.1 Å². The molecular weight excluding hydrogens is 471 g/mol. The van der Waals surface area contributed by atoms with E-state index in [1.165, 1.54) is 30.4 Å². The number of hydrogen-bond acceptors (Lipinski definition) is 5. The Balaban J connectivity index is 1.29. The third kappa shape index (κ3) is 6.44. The van der Waals surface area contributed by atoms with Crippen LogP contribution >= 0.6 is 11.6 Å². The van der Waals surface area contributed by atoms with E-state index in [1.807, 2.05) is 36.4 Å². The van der Waals surface area contributed by atoms with Crippen molar-refractivity contribution < 1.29 is 14.1 Å². The topological polar surface area (TPSA) is 78.7 Å². The van der Waals surface area contributed by atoms with Crippen LogP contribution < -0.4 is 10.2 Å². The summed E-state index contributed by atoms with van der Waals surface area (Å²) in [7, 11) is 0. The molecule has 1 N–H and O–H groups in total. The van der Waals surface area contributed by atoms with E-state index in [9.17, 15) is 19.3 Å². The minimum Gasteiger partial charge on any atom is -0.369 e. The molecule has 180 valence electrons. The van der Waals surface area contributed by atoms with E-state index in [0.717, 1.165) is 31.9 Å². The molecule has 4 rings (SSSR count). The monoisotopic (exact) mass is 494 g/mol. The van der Waals surface area contributed by atoms with Crippen LogP contribution in [0.1, 0.15) is 11.1 Å². The number of carbonyl (C=O) groups is 1. The third-order valence-electron chi connectivity index (χ3n) is 5.82. The van der Waals surface area contributed by atoms with Gasteiger partial charge in [0.25, 0.3) is 5.69 Å². The smallest absolute Gasteiger partial charge is 0.288 e. The molecule has 0 aliphatic carbocycles. The van der Waals surface area contributed by atoms with Gasteiger partial charge in [0.05, 0.1) is 4.92 Å². The summed E-state index contributed by atoms with van der Waals surface area (Å²) in [5, 5.41) is 13.8. The van der Waals surface area contributed by atoms with Crippen LogP contribution in [-0.2, 0) is 11.3 Å². The molecule has 0 aromatic heterocycles. The third-order valence-corrected chi connectivity index (χ3v) is 6.14. The molecule has 0 radical (unpaired) electrons. The number of nitro benzene ring substituents is 1. The van der Waals surface area contributed by atoms with Gasteiger partial charge in [0.15, 0.2) is 0 Å². The number of benzene rings is 3. The number of nitro groups is 1. The van der Waals surface area contributed by atoms with E-state index >= 15 is 0 Å². The maximum Gasteiger partial charge on any atom is 0.288 e. The predicted octanol–water partition coefficient (Wildman–Crippen LogP) is 5.36. The fourth-order valence-electron chi connectivity index (χ4n) is 3.92. The lowest BCUT2D eigenvalue weighted by Gasteiger charge is -2.36. The van der Waals surface area contributed by atoms with Crippen LogP contribution in [0.15, 0.2) is 72.8 Å². The second kappa shape index (κ2) is 11.1. The Labute approximate surface area is 207 Å². The number of carbonyl (C=O) groups excluding carboxylic acids is 1. The van der Waals surface area contributed by atoms with Gasteiger partial charge in [-0.25, -0.2) is 4.39 Å². The first-order valence-electron chi connectivity index (χ1n) is 11.1. The number of anilines is 2. The van der Waals surface area contributed by atoms with Gasteiger partial charge in [-0.05, 0) is 48.0 Å². The van der Waals surface area contributed by atoms with Crippen LogP contribution in [0, 0.1) is 15.9 Å². The molecule has 1 aliphatic rings. The average molecular weight is 495 g/mol. The summed E-state index contributed by atoms with van der Waals surface area (Å²) in [5.74, 6) is -0.519. The second-order valence-corrected chi connectivity index (χ2v) is 8.60. The molecule has 0 bridgehead atoms. The highest BCUT2D eigenvalue weighted by Gasteiger charge is 2.18. The van der Waals surface area contributed by atoms with Gasteiger partial charge in [-0.3, -0.25) is 19.8 Å². The molecule has 9 heteroatoms. The zero-order valence-electron chi connectivity index (χ0n) is 18.9. The molecule has 7 nitrogen and oxygen atoms in total. The number of nitrogens with one attached hydrogen (secondary N) is 1. The number of halogens is 2. The number of rotatable bonds is 7. The fraction of sp³-hybridized carbons (Fsp3) is 0.192. The van der Waals surface area contributed by atoms with Gasteiger partial charge in [0, 0.05) is 61.8 Å². The average Bonchev–Trinajstić information content (AvgIpc) is 2.86. The molecule has 0 unspecified atom stereocenters. The molecule has 1 heterocycles. The zero-order valence-corrected chi connectivity index (χ0v) is 19.6. The standard InChI is InChI=1S/C26H24ClFN4O3/c27-23-11-5-19(17-25(23)32(34)35)6-12-26(33)29-21-7-9-22(10-8-21)31-15-13-30(14-16-31)18-20-3-1-2-4-24(20)28/h1-12,17H,13-16,18H2,(H,29,33). The van der Waals surface area contributed by atoms with Gasteiger partial charge in [0.1, 0.15) is 10.8 Å². The number of nitrogens with zero attached hydrogens (tertiary/aromatic N) is 3. The maximum atomic E-state index is 13.9. The number of hydrogen-bond donors (Lipinski definition) is 1. The van der Waals surface area contributed by atoms with Crippen molar-refractivity contribution in [3.63, 3.8) is 0 Å². The SMILES string of the molecule is O=C(C=Cc1ccc(Cl)c([N+](=O)[O-])c1)Nc1ccc(N2CCN(Cc3ccccc3F)CC2)cc1. The van der Waals surface area contributed by atoms with Gasteiger partial charge < -0.3 is 10.2 Å². The molecule has 3 aromatic carbocycles. The normalized spacial score (nSPS) is 14.3. The minimum absolute atomic E-state index is 0.0446. The van der Waals surface area contributed by atoms with Crippen LogP contribution in [0.4, 0.5) is 21.5 Å². The molecule has 3 aromatic rings. The molecule has 1 aliphatic heterocycles. The summed E-state index contributed by atoms with van der Waals surface area (Å²) in [4.78, 5) is 27.2. The lowest BCUT2D eigenvalue weighted by molar-refractivity contribution is -0.384. The van der Waals surface area contributed by atoms with Gasteiger partial charge in [-0.15, -0.1) is 0 Å². The Bertz CT molecular complexity index is 1240. The lowest BCUT2D eigenvalue weighted by atomic mass is 10.1. The van der Waals surface area contributed by atoms with E-state index in [-0.39, 0.29) is 22.4 Å². The molecule has 1 fully saturated rings. The summed E-state index contributed by atoms with van der Waals surface area (Å²) in [5.41, 5.74) is 2.70. The van der Waals surface area contributed by atoms with Crippen LogP contribution in [0.2, 0.25) is 5.02 Å². The predicted molar refractivity (Wildman–Crippen MR) is 136 cm³/mol. The van der Waals surface area contributed by atoms with Crippen molar-refractivity contribution in [2.24, 2.45) is 0 Å². The summed E-state index contributed by atoms with van der Waals surface area (Å²) < 4.78 is 13.9. The van der Waals surface area contributed by atoms with Crippen molar-refractivity contribution in [2.45, 2.75) is 6.54 Å². The van der Waals surface area contributed by atoms with Crippen LogP contribution in [0.3, 0.4) is 0 Å². The van der Waals surface area contributed by atoms with Gasteiger partial charge in [0.2, 0.25) is 5.91 Å². The van der Waals surface area contributed by atoms with Crippen LogP contribution in [-0.4, -0.2) is 41.9 Å². The van der Waals surface area contributed by atoms with Crippen molar-refractivity contribution in [3.05, 3.63) is 105 Å².